The van der Waals surface area contributed by atoms with Crippen molar-refractivity contribution in [1.82, 2.24) is 14.9 Å². The minimum absolute atomic E-state index is 0.156. The summed E-state index contributed by atoms with van der Waals surface area (Å²) in [5.74, 6) is 1.62. The average molecular weight is 238 g/mol. The van der Waals surface area contributed by atoms with Crippen LogP contribution in [-0.4, -0.2) is 46.2 Å². The zero-order chi connectivity index (χ0) is 12.8. The Bertz CT molecular complexity index is 354. The molecule has 1 heterocycles. The molecule has 1 aromatic heterocycles. The molecule has 0 unspecified atom stereocenters. The van der Waals surface area contributed by atoms with Gasteiger partial charge in [0.05, 0.1) is 13.2 Å². The summed E-state index contributed by atoms with van der Waals surface area (Å²) in [6, 6.07) is 2.28. The smallest absolute Gasteiger partial charge is 0.144 e. The topological polar surface area (TPSA) is 61.3 Å². The largest absolute Gasteiger partial charge is 0.395 e. The summed E-state index contributed by atoms with van der Waals surface area (Å²) in [7, 11) is 1.85. The molecule has 0 saturated carbocycles. The van der Waals surface area contributed by atoms with Crippen molar-refractivity contribution in [2.45, 2.75) is 33.4 Å². The van der Waals surface area contributed by atoms with E-state index in [0.717, 1.165) is 17.3 Å². The highest BCUT2D eigenvalue weighted by Crippen LogP contribution is 2.09. The van der Waals surface area contributed by atoms with Crippen molar-refractivity contribution in [3.8, 4) is 0 Å². The van der Waals surface area contributed by atoms with E-state index in [0.29, 0.717) is 19.1 Å². The second kappa shape index (κ2) is 6.51. The van der Waals surface area contributed by atoms with Gasteiger partial charge in [-0.2, -0.15) is 0 Å². The van der Waals surface area contributed by atoms with E-state index in [-0.39, 0.29) is 6.61 Å². The maximum Gasteiger partial charge on any atom is 0.144 e. The van der Waals surface area contributed by atoms with Gasteiger partial charge in [-0.3, -0.25) is 4.90 Å². The molecule has 0 radical (unpaired) electrons. The van der Waals surface area contributed by atoms with Crippen LogP contribution in [0.3, 0.4) is 0 Å². The van der Waals surface area contributed by atoms with Crippen molar-refractivity contribution in [3.63, 3.8) is 0 Å². The minimum Gasteiger partial charge on any atom is -0.395 e. The zero-order valence-corrected chi connectivity index (χ0v) is 11.1. The van der Waals surface area contributed by atoms with E-state index in [1.807, 2.05) is 20.0 Å². The first-order valence-electron chi connectivity index (χ1n) is 5.94. The van der Waals surface area contributed by atoms with Crippen LogP contribution in [0.2, 0.25) is 0 Å². The molecule has 0 fully saturated rings. The monoisotopic (exact) mass is 238 g/mol. The first-order valence-corrected chi connectivity index (χ1v) is 5.94. The van der Waals surface area contributed by atoms with Crippen LogP contribution in [0.25, 0.3) is 0 Å². The fourth-order valence-corrected chi connectivity index (χ4v) is 1.66. The maximum atomic E-state index is 9.02. The molecule has 0 bridgehead atoms. The molecule has 0 aromatic carbocycles. The van der Waals surface area contributed by atoms with Gasteiger partial charge in [-0.15, -0.1) is 0 Å². The van der Waals surface area contributed by atoms with Crippen molar-refractivity contribution >= 4 is 5.82 Å². The van der Waals surface area contributed by atoms with E-state index in [2.05, 4.69) is 34.0 Å². The first-order chi connectivity index (χ1) is 8.06. The predicted molar refractivity (Wildman–Crippen MR) is 68.9 cm³/mol. The molecule has 1 aromatic rings. The fourth-order valence-electron chi connectivity index (χ4n) is 1.66. The van der Waals surface area contributed by atoms with Crippen molar-refractivity contribution in [3.05, 3.63) is 17.6 Å². The number of hydrogen-bond donors (Lipinski definition) is 2. The summed E-state index contributed by atoms with van der Waals surface area (Å²) in [5.41, 5.74) is 0.951. The number of anilines is 1. The lowest BCUT2D eigenvalue weighted by atomic mass is 10.3. The molecule has 0 aliphatic rings. The lowest BCUT2D eigenvalue weighted by Crippen LogP contribution is -2.33. The van der Waals surface area contributed by atoms with E-state index in [9.17, 15) is 0 Å². The van der Waals surface area contributed by atoms with Gasteiger partial charge in [-0.1, -0.05) is 0 Å². The van der Waals surface area contributed by atoms with Crippen molar-refractivity contribution in [1.29, 1.82) is 0 Å². The van der Waals surface area contributed by atoms with E-state index < -0.39 is 0 Å². The lowest BCUT2D eigenvalue weighted by molar-refractivity contribution is 0.156. The summed E-state index contributed by atoms with van der Waals surface area (Å²) in [6.45, 7) is 7.62. The molecule has 2 N–H and O–H groups in total. The van der Waals surface area contributed by atoms with Gasteiger partial charge >= 0.3 is 0 Å². The van der Waals surface area contributed by atoms with Crippen LogP contribution >= 0.6 is 0 Å². The SMILES string of the molecule is CNc1cc(C)nc(CN(CCO)C(C)C)n1. The van der Waals surface area contributed by atoms with Crippen LogP contribution < -0.4 is 5.32 Å². The Labute approximate surface area is 103 Å². The van der Waals surface area contributed by atoms with E-state index >= 15 is 0 Å². The summed E-state index contributed by atoms with van der Waals surface area (Å²) in [6.07, 6.45) is 0. The van der Waals surface area contributed by atoms with Crippen molar-refractivity contribution in [2.24, 2.45) is 0 Å². The molecular weight excluding hydrogens is 216 g/mol. The quantitative estimate of drug-likeness (QED) is 0.775. The third-order valence-corrected chi connectivity index (χ3v) is 2.62. The molecule has 0 saturated heterocycles. The Balaban J connectivity index is 2.81. The summed E-state index contributed by atoms with van der Waals surface area (Å²) in [5, 5.41) is 12.0. The highest BCUT2D eigenvalue weighted by Gasteiger charge is 2.11. The maximum absolute atomic E-state index is 9.02. The summed E-state index contributed by atoms with van der Waals surface area (Å²) in [4.78, 5) is 11.0. The Morgan fingerprint density at radius 2 is 2.12 bits per heavy atom. The number of nitrogens with zero attached hydrogens (tertiary/aromatic N) is 3. The van der Waals surface area contributed by atoms with Gasteiger partial charge < -0.3 is 10.4 Å². The molecule has 0 spiro atoms. The Hall–Kier alpha value is -1.20. The molecule has 0 aliphatic carbocycles. The Morgan fingerprint density at radius 1 is 1.41 bits per heavy atom. The normalized spacial score (nSPS) is 11.2. The molecule has 0 atom stereocenters. The zero-order valence-electron chi connectivity index (χ0n) is 11.1. The van der Waals surface area contributed by atoms with Crippen LogP contribution in [0.5, 0.6) is 0 Å². The molecule has 96 valence electrons. The lowest BCUT2D eigenvalue weighted by Gasteiger charge is -2.24. The Kier molecular flexibility index (Phi) is 5.31. The predicted octanol–water partition coefficient (Wildman–Crippen LogP) is 1.03. The molecule has 0 aliphatic heterocycles. The van der Waals surface area contributed by atoms with Crippen LogP contribution in [0.1, 0.15) is 25.4 Å². The summed E-state index contributed by atoms with van der Waals surface area (Å²) >= 11 is 0. The molecule has 17 heavy (non-hydrogen) atoms. The average Bonchev–Trinajstić information content (AvgIpc) is 2.27. The fraction of sp³-hybridized carbons (Fsp3) is 0.667. The minimum atomic E-state index is 0.156. The molecular formula is C12H22N4O. The van der Waals surface area contributed by atoms with Gasteiger partial charge in [0, 0.05) is 31.4 Å². The number of rotatable bonds is 6. The second-order valence-electron chi connectivity index (χ2n) is 4.35. The molecule has 5 heteroatoms. The number of hydrogen-bond acceptors (Lipinski definition) is 5. The third kappa shape index (κ3) is 4.28. The number of aromatic nitrogens is 2. The van der Waals surface area contributed by atoms with Crippen LogP contribution in [0.4, 0.5) is 5.82 Å². The van der Waals surface area contributed by atoms with Gasteiger partial charge in [0.25, 0.3) is 0 Å². The second-order valence-corrected chi connectivity index (χ2v) is 4.35. The van der Waals surface area contributed by atoms with Gasteiger partial charge in [0.2, 0.25) is 0 Å². The van der Waals surface area contributed by atoms with Crippen LogP contribution in [0, 0.1) is 6.92 Å². The number of aryl methyl sites for hydroxylation is 1. The van der Waals surface area contributed by atoms with Crippen LogP contribution in [-0.2, 0) is 6.54 Å². The number of aliphatic hydroxyl groups excluding tert-OH is 1. The molecule has 5 nitrogen and oxygen atoms in total. The first kappa shape index (κ1) is 13.9. The van der Waals surface area contributed by atoms with E-state index in [1.165, 1.54) is 0 Å². The van der Waals surface area contributed by atoms with Crippen LogP contribution in [0.15, 0.2) is 6.07 Å². The number of nitrogens with one attached hydrogen (secondary N) is 1. The van der Waals surface area contributed by atoms with Gasteiger partial charge in [-0.05, 0) is 20.8 Å². The standard InChI is InChI=1S/C12H22N4O/c1-9(2)16(5-6-17)8-12-14-10(3)7-11(13-4)15-12/h7,9,17H,5-6,8H2,1-4H3,(H,13,14,15). The van der Waals surface area contributed by atoms with E-state index in [4.69, 9.17) is 5.11 Å². The third-order valence-electron chi connectivity index (χ3n) is 2.62. The van der Waals surface area contributed by atoms with Gasteiger partial charge in [-0.25, -0.2) is 9.97 Å². The summed E-state index contributed by atoms with van der Waals surface area (Å²) < 4.78 is 0. The molecule has 1 rings (SSSR count). The van der Waals surface area contributed by atoms with Gasteiger partial charge in [0.1, 0.15) is 11.6 Å². The number of aliphatic hydroxyl groups is 1. The van der Waals surface area contributed by atoms with Crippen molar-refractivity contribution in [2.75, 3.05) is 25.5 Å². The highest BCUT2D eigenvalue weighted by molar-refractivity contribution is 5.34. The van der Waals surface area contributed by atoms with Gasteiger partial charge in [0.15, 0.2) is 0 Å². The van der Waals surface area contributed by atoms with Crippen molar-refractivity contribution < 1.29 is 5.11 Å². The highest BCUT2D eigenvalue weighted by atomic mass is 16.3. The Morgan fingerprint density at radius 3 is 2.65 bits per heavy atom. The van der Waals surface area contributed by atoms with E-state index in [1.54, 1.807) is 0 Å². The molecule has 0 amide bonds.